The molecule has 1 aliphatic heterocycles. The minimum absolute atomic E-state index is 0.0176. The summed E-state index contributed by atoms with van der Waals surface area (Å²) in [5, 5.41) is 12.7. The number of H-pyrrole nitrogens is 1. The first kappa shape index (κ1) is 18.4. The highest BCUT2D eigenvalue weighted by Crippen LogP contribution is 2.25. The van der Waals surface area contributed by atoms with Gasteiger partial charge in [0, 0.05) is 19.0 Å². The summed E-state index contributed by atoms with van der Waals surface area (Å²) in [6.45, 7) is 1.41. The zero-order valence-electron chi connectivity index (χ0n) is 15.6. The second-order valence-electron chi connectivity index (χ2n) is 7.14. The molecule has 3 aromatic rings. The molecule has 0 spiro atoms. The first-order valence-corrected chi connectivity index (χ1v) is 9.59. The average molecular weight is 380 g/mol. The van der Waals surface area contributed by atoms with Crippen LogP contribution in [-0.2, 0) is 11.2 Å². The monoisotopic (exact) mass is 380 g/mol. The van der Waals surface area contributed by atoms with Gasteiger partial charge < -0.3 is 20.3 Å². The molecule has 1 aromatic carbocycles. The summed E-state index contributed by atoms with van der Waals surface area (Å²) in [6.07, 6.45) is 5.25. The number of nitrogens with one attached hydrogen (secondary N) is 2. The van der Waals surface area contributed by atoms with E-state index in [1.54, 1.807) is 6.33 Å². The normalized spacial score (nSPS) is 16.2. The molecule has 1 saturated heterocycles. The van der Waals surface area contributed by atoms with E-state index in [4.69, 9.17) is 0 Å². The van der Waals surface area contributed by atoms with E-state index in [2.05, 4.69) is 30.2 Å². The van der Waals surface area contributed by atoms with Gasteiger partial charge in [-0.1, -0.05) is 30.3 Å². The van der Waals surface area contributed by atoms with Crippen molar-refractivity contribution in [2.24, 2.45) is 5.92 Å². The summed E-state index contributed by atoms with van der Waals surface area (Å²) in [7, 11) is 0. The first-order valence-electron chi connectivity index (χ1n) is 9.59. The minimum atomic E-state index is -0.264. The number of nitrogens with zero attached hydrogens (tertiary/aromatic N) is 4. The predicted molar refractivity (Wildman–Crippen MR) is 106 cm³/mol. The van der Waals surface area contributed by atoms with Crippen LogP contribution in [0, 0.1) is 5.92 Å². The maximum Gasteiger partial charge on any atom is 0.223 e. The molecular formula is C20H24N6O2. The number of amides is 1. The van der Waals surface area contributed by atoms with E-state index in [9.17, 15) is 9.90 Å². The van der Waals surface area contributed by atoms with Crippen molar-refractivity contribution in [2.45, 2.75) is 25.3 Å². The van der Waals surface area contributed by atoms with Crippen LogP contribution in [0.1, 0.15) is 18.4 Å². The van der Waals surface area contributed by atoms with Crippen molar-refractivity contribution in [2.75, 3.05) is 24.6 Å². The lowest BCUT2D eigenvalue weighted by Gasteiger charge is -2.32. The lowest BCUT2D eigenvalue weighted by atomic mass is 9.95. The summed E-state index contributed by atoms with van der Waals surface area (Å²) >= 11 is 0. The number of rotatable bonds is 6. The Kier molecular flexibility index (Phi) is 5.48. The van der Waals surface area contributed by atoms with Crippen LogP contribution in [0.3, 0.4) is 0 Å². The van der Waals surface area contributed by atoms with E-state index >= 15 is 0 Å². The number of imidazole rings is 1. The van der Waals surface area contributed by atoms with Crippen molar-refractivity contribution in [3.63, 3.8) is 0 Å². The molecule has 3 N–H and O–H groups in total. The number of piperidine rings is 1. The number of benzene rings is 1. The quantitative estimate of drug-likeness (QED) is 0.595. The predicted octanol–water partition coefficient (Wildman–Crippen LogP) is 1.29. The summed E-state index contributed by atoms with van der Waals surface area (Å²) in [4.78, 5) is 30.7. The van der Waals surface area contributed by atoms with E-state index in [0.717, 1.165) is 42.8 Å². The Bertz CT molecular complexity index is 921. The van der Waals surface area contributed by atoms with E-state index < -0.39 is 0 Å². The van der Waals surface area contributed by atoms with Crippen LogP contribution in [0.25, 0.3) is 11.2 Å². The second-order valence-corrected chi connectivity index (χ2v) is 7.14. The van der Waals surface area contributed by atoms with E-state index in [1.807, 2.05) is 30.3 Å². The van der Waals surface area contributed by atoms with Crippen LogP contribution >= 0.6 is 0 Å². The number of anilines is 1. The second kappa shape index (κ2) is 8.35. The fraction of sp³-hybridized carbons (Fsp3) is 0.400. The van der Waals surface area contributed by atoms with Gasteiger partial charge in [0.05, 0.1) is 19.0 Å². The maximum atomic E-state index is 12.7. The lowest BCUT2D eigenvalue weighted by Crippen LogP contribution is -2.46. The fourth-order valence-corrected chi connectivity index (χ4v) is 3.72. The molecule has 0 aliphatic carbocycles. The number of fused-ring (bicyclic) bond motifs is 1. The molecule has 1 aliphatic rings. The summed E-state index contributed by atoms with van der Waals surface area (Å²) in [5.74, 6) is 0.794. The summed E-state index contributed by atoms with van der Waals surface area (Å²) < 4.78 is 0. The summed E-state index contributed by atoms with van der Waals surface area (Å²) in [6, 6.07) is 9.63. The van der Waals surface area contributed by atoms with Crippen molar-refractivity contribution in [1.29, 1.82) is 0 Å². The van der Waals surface area contributed by atoms with Gasteiger partial charge in [0.1, 0.15) is 11.8 Å². The van der Waals surface area contributed by atoms with Gasteiger partial charge in [0.15, 0.2) is 11.5 Å². The molecule has 8 heteroatoms. The van der Waals surface area contributed by atoms with Crippen molar-refractivity contribution in [1.82, 2.24) is 25.3 Å². The van der Waals surface area contributed by atoms with Crippen molar-refractivity contribution >= 4 is 22.9 Å². The molecule has 2 aromatic heterocycles. The number of hydrogen-bond acceptors (Lipinski definition) is 6. The molecule has 0 radical (unpaired) electrons. The molecule has 4 rings (SSSR count). The smallest absolute Gasteiger partial charge is 0.223 e. The Morgan fingerprint density at radius 2 is 2.00 bits per heavy atom. The van der Waals surface area contributed by atoms with Gasteiger partial charge in [-0.2, -0.15) is 0 Å². The number of aromatic nitrogens is 4. The third-order valence-electron chi connectivity index (χ3n) is 5.26. The Labute approximate surface area is 163 Å². The fourth-order valence-electron chi connectivity index (χ4n) is 3.72. The standard InChI is InChI=1S/C20H24N6O2/c27-11-16(10-14-4-2-1-3-5-14)25-20(28)15-6-8-26(9-7-15)19-17-18(22-12-21-17)23-13-24-19/h1-5,12-13,15-16,27H,6-11H2,(H,25,28)(H,21,22,23,24)/t16-/m1/s1. The molecule has 146 valence electrons. The van der Waals surface area contributed by atoms with Crippen LogP contribution in [0.5, 0.6) is 0 Å². The van der Waals surface area contributed by atoms with Crippen LogP contribution in [-0.4, -0.2) is 56.7 Å². The molecule has 1 amide bonds. The van der Waals surface area contributed by atoms with Gasteiger partial charge in [0.2, 0.25) is 5.91 Å². The Balaban J connectivity index is 1.34. The summed E-state index contributed by atoms with van der Waals surface area (Å²) in [5.41, 5.74) is 2.58. The number of carbonyl (C=O) groups excluding carboxylic acids is 1. The van der Waals surface area contributed by atoms with Gasteiger partial charge >= 0.3 is 0 Å². The molecule has 28 heavy (non-hydrogen) atoms. The number of aromatic amines is 1. The van der Waals surface area contributed by atoms with E-state index in [-0.39, 0.29) is 24.5 Å². The van der Waals surface area contributed by atoms with E-state index in [0.29, 0.717) is 12.1 Å². The van der Waals surface area contributed by atoms with Gasteiger partial charge in [-0.05, 0) is 24.8 Å². The third kappa shape index (κ3) is 3.96. The highest BCUT2D eigenvalue weighted by molar-refractivity contribution is 5.83. The Morgan fingerprint density at radius 1 is 1.21 bits per heavy atom. The molecule has 3 heterocycles. The van der Waals surface area contributed by atoms with Crippen molar-refractivity contribution in [3.05, 3.63) is 48.5 Å². The van der Waals surface area contributed by atoms with Gasteiger partial charge in [0.25, 0.3) is 0 Å². The van der Waals surface area contributed by atoms with Gasteiger partial charge in [-0.3, -0.25) is 4.79 Å². The molecule has 0 unspecified atom stereocenters. The lowest BCUT2D eigenvalue weighted by molar-refractivity contribution is -0.126. The van der Waals surface area contributed by atoms with E-state index in [1.165, 1.54) is 6.33 Å². The maximum absolute atomic E-state index is 12.7. The zero-order valence-corrected chi connectivity index (χ0v) is 15.6. The topological polar surface area (TPSA) is 107 Å². The van der Waals surface area contributed by atoms with Gasteiger partial charge in [-0.15, -0.1) is 0 Å². The van der Waals surface area contributed by atoms with Crippen LogP contribution < -0.4 is 10.2 Å². The van der Waals surface area contributed by atoms with Crippen LogP contribution in [0.15, 0.2) is 43.0 Å². The molecule has 8 nitrogen and oxygen atoms in total. The number of aliphatic hydroxyl groups excluding tert-OH is 1. The van der Waals surface area contributed by atoms with Crippen LogP contribution in [0.4, 0.5) is 5.82 Å². The highest BCUT2D eigenvalue weighted by atomic mass is 16.3. The highest BCUT2D eigenvalue weighted by Gasteiger charge is 2.28. The Hall–Kier alpha value is -3.00. The molecule has 0 saturated carbocycles. The van der Waals surface area contributed by atoms with Crippen molar-refractivity contribution in [3.8, 4) is 0 Å². The average Bonchev–Trinajstić information content (AvgIpc) is 3.23. The number of hydrogen-bond donors (Lipinski definition) is 3. The SMILES string of the molecule is O=C(N[C@@H](CO)Cc1ccccc1)C1CCN(c2ncnc3nc[nH]c23)CC1. The minimum Gasteiger partial charge on any atom is -0.394 e. The first-order chi connectivity index (χ1) is 13.7. The van der Waals surface area contributed by atoms with Gasteiger partial charge in [-0.25, -0.2) is 15.0 Å². The molecule has 1 atom stereocenters. The largest absolute Gasteiger partial charge is 0.394 e. The molecular weight excluding hydrogens is 356 g/mol. The number of carbonyl (C=O) groups is 1. The van der Waals surface area contributed by atoms with Crippen molar-refractivity contribution < 1.29 is 9.90 Å². The number of aliphatic hydroxyl groups is 1. The third-order valence-corrected chi connectivity index (χ3v) is 5.26. The zero-order chi connectivity index (χ0) is 19.3. The Morgan fingerprint density at radius 3 is 2.75 bits per heavy atom. The molecule has 0 bridgehead atoms. The molecule has 1 fully saturated rings. The van der Waals surface area contributed by atoms with Crippen LogP contribution in [0.2, 0.25) is 0 Å².